The molecule has 0 bridgehead atoms. The molecule has 0 amide bonds. The SMILES string of the molecule is CC(CC=O)c1ccc(CN2CCCC2)c(Br)c1. The Balaban J connectivity index is 2.06. The first-order valence-corrected chi connectivity index (χ1v) is 7.44. The van der Waals surface area contributed by atoms with Gasteiger partial charge in [-0.05, 0) is 49.0 Å². The first-order chi connectivity index (χ1) is 8.70. The van der Waals surface area contributed by atoms with Crippen LogP contribution in [0, 0.1) is 0 Å². The van der Waals surface area contributed by atoms with E-state index in [1.54, 1.807) is 0 Å². The number of carbonyl (C=O) groups excluding carboxylic acids is 1. The monoisotopic (exact) mass is 309 g/mol. The van der Waals surface area contributed by atoms with Gasteiger partial charge in [0.05, 0.1) is 0 Å². The molecule has 1 saturated heterocycles. The molecule has 0 radical (unpaired) electrons. The molecule has 3 heteroatoms. The van der Waals surface area contributed by atoms with Gasteiger partial charge in [-0.15, -0.1) is 0 Å². The minimum Gasteiger partial charge on any atom is -0.303 e. The van der Waals surface area contributed by atoms with E-state index in [0.717, 1.165) is 12.8 Å². The van der Waals surface area contributed by atoms with Gasteiger partial charge in [-0.2, -0.15) is 0 Å². The number of hydrogen-bond acceptors (Lipinski definition) is 2. The van der Waals surface area contributed by atoms with Gasteiger partial charge in [0.1, 0.15) is 6.29 Å². The van der Waals surface area contributed by atoms with E-state index < -0.39 is 0 Å². The molecule has 0 spiro atoms. The fourth-order valence-electron chi connectivity index (χ4n) is 2.46. The van der Waals surface area contributed by atoms with Crippen molar-refractivity contribution in [2.24, 2.45) is 0 Å². The van der Waals surface area contributed by atoms with Crippen molar-refractivity contribution in [2.45, 2.75) is 38.6 Å². The number of rotatable bonds is 5. The molecule has 1 fully saturated rings. The van der Waals surface area contributed by atoms with Crippen molar-refractivity contribution in [3.63, 3.8) is 0 Å². The molecular weight excluding hydrogens is 290 g/mol. The van der Waals surface area contributed by atoms with E-state index >= 15 is 0 Å². The van der Waals surface area contributed by atoms with E-state index in [0.29, 0.717) is 12.3 Å². The highest BCUT2D eigenvalue weighted by Crippen LogP contribution is 2.26. The van der Waals surface area contributed by atoms with Crippen LogP contribution in [0.15, 0.2) is 22.7 Å². The number of aldehydes is 1. The number of likely N-dealkylation sites (tertiary alicyclic amines) is 1. The Labute approximate surface area is 117 Å². The highest BCUT2D eigenvalue weighted by Gasteiger charge is 2.14. The lowest BCUT2D eigenvalue weighted by Crippen LogP contribution is -2.18. The van der Waals surface area contributed by atoms with Crippen molar-refractivity contribution in [1.29, 1.82) is 0 Å². The highest BCUT2D eigenvalue weighted by molar-refractivity contribution is 9.10. The Morgan fingerprint density at radius 3 is 2.72 bits per heavy atom. The van der Waals surface area contributed by atoms with Crippen LogP contribution in [0.5, 0.6) is 0 Å². The van der Waals surface area contributed by atoms with Gasteiger partial charge >= 0.3 is 0 Å². The molecule has 1 heterocycles. The Hall–Kier alpha value is -0.670. The van der Waals surface area contributed by atoms with Crippen LogP contribution in [0.2, 0.25) is 0 Å². The van der Waals surface area contributed by atoms with Crippen LogP contribution in [-0.2, 0) is 11.3 Å². The summed E-state index contributed by atoms with van der Waals surface area (Å²) in [6.45, 7) is 5.56. The molecule has 18 heavy (non-hydrogen) atoms. The van der Waals surface area contributed by atoms with Crippen molar-refractivity contribution in [3.8, 4) is 0 Å². The number of hydrogen-bond donors (Lipinski definition) is 0. The molecule has 1 aliphatic heterocycles. The largest absolute Gasteiger partial charge is 0.303 e. The normalized spacial score (nSPS) is 17.9. The van der Waals surface area contributed by atoms with E-state index in [1.807, 2.05) is 0 Å². The van der Waals surface area contributed by atoms with Crippen molar-refractivity contribution in [1.82, 2.24) is 4.90 Å². The van der Waals surface area contributed by atoms with Crippen LogP contribution in [0.25, 0.3) is 0 Å². The fourth-order valence-corrected chi connectivity index (χ4v) is 2.98. The van der Waals surface area contributed by atoms with Gasteiger partial charge in [-0.3, -0.25) is 4.90 Å². The molecule has 2 rings (SSSR count). The van der Waals surface area contributed by atoms with Gasteiger partial charge in [0.25, 0.3) is 0 Å². The molecule has 0 aliphatic carbocycles. The zero-order valence-electron chi connectivity index (χ0n) is 10.9. The third-order valence-corrected chi connectivity index (χ3v) is 4.43. The quantitative estimate of drug-likeness (QED) is 0.772. The second-order valence-corrected chi connectivity index (χ2v) is 5.99. The summed E-state index contributed by atoms with van der Waals surface area (Å²) in [5.74, 6) is 0.305. The fraction of sp³-hybridized carbons (Fsp3) is 0.533. The van der Waals surface area contributed by atoms with Crippen molar-refractivity contribution in [2.75, 3.05) is 13.1 Å². The van der Waals surface area contributed by atoms with Crippen LogP contribution in [0.3, 0.4) is 0 Å². The lowest BCUT2D eigenvalue weighted by Gasteiger charge is -2.17. The topological polar surface area (TPSA) is 20.3 Å². The van der Waals surface area contributed by atoms with Crippen LogP contribution >= 0.6 is 15.9 Å². The highest BCUT2D eigenvalue weighted by atomic mass is 79.9. The van der Waals surface area contributed by atoms with Gasteiger partial charge in [0.15, 0.2) is 0 Å². The Morgan fingerprint density at radius 1 is 1.39 bits per heavy atom. The van der Waals surface area contributed by atoms with Crippen LogP contribution < -0.4 is 0 Å². The molecule has 1 aliphatic rings. The summed E-state index contributed by atoms with van der Waals surface area (Å²) in [6.07, 6.45) is 4.24. The Bertz CT molecular complexity index is 413. The van der Waals surface area contributed by atoms with Gasteiger partial charge in [-0.25, -0.2) is 0 Å². The van der Waals surface area contributed by atoms with Gasteiger partial charge < -0.3 is 4.79 Å². The summed E-state index contributed by atoms with van der Waals surface area (Å²) in [4.78, 5) is 13.0. The van der Waals surface area contributed by atoms with Crippen LogP contribution in [0.1, 0.15) is 43.2 Å². The van der Waals surface area contributed by atoms with E-state index in [4.69, 9.17) is 0 Å². The maximum absolute atomic E-state index is 10.6. The molecular formula is C15H20BrNO. The van der Waals surface area contributed by atoms with Gasteiger partial charge in [0.2, 0.25) is 0 Å². The van der Waals surface area contributed by atoms with Crippen LogP contribution in [0.4, 0.5) is 0 Å². The minimum absolute atomic E-state index is 0.305. The second-order valence-electron chi connectivity index (χ2n) is 5.14. The summed E-state index contributed by atoms with van der Waals surface area (Å²) < 4.78 is 1.17. The maximum Gasteiger partial charge on any atom is 0.120 e. The molecule has 0 aromatic heterocycles. The molecule has 1 aromatic rings. The first-order valence-electron chi connectivity index (χ1n) is 6.65. The third kappa shape index (κ3) is 3.42. The van der Waals surface area contributed by atoms with Gasteiger partial charge in [-0.1, -0.05) is 35.0 Å². The van der Waals surface area contributed by atoms with E-state index in [1.165, 1.54) is 41.5 Å². The van der Waals surface area contributed by atoms with E-state index in [9.17, 15) is 4.79 Å². The Morgan fingerprint density at radius 2 is 2.11 bits per heavy atom. The van der Waals surface area contributed by atoms with E-state index in [2.05, 4.69) is 46.0 Å². The van der Waals surface area contributed by atoms with E-state index in [-0.39, 0.29) is 0 Å². The summed E-state index contributed by atoms with van der Waals surface area (Å²) in [5, 5.41) is 0. The predicted molar refractivity (Wildman–Crippen MR) is 77.7 cm³/mol. The first kappa shape index (κ1) is 13.8. The predicted octanol–water partition coefficient (Wildman–Crippen LogP) is 3.74. The smallest absolute Gasteiger partial charge is 0.120 e. The van der Waals surface area contributed by atoms with Crippen LogP contribution in [-0.4, -0.2) is 24.3 Å². The summed E-state index contributed by atoms with van der Waals surface area (Å²) in [6, 6.07) is 6.52. The lowest BCUT2D eigenvalue weighted by molar-refractivity contribution is -0.108. The maximum atomic E-state index is 10.6. The summed E-state index contributed by atoms with van der Waals surface area (Å²) >= 11 is 3.66. The molecule has 1 aromatic carbocycles. The zero-order chi connectivity index (χ0) is 13.0. The average Bonchev–Trinajstić information content (AvgIpc) is 2.85. The number of benzene rings is 1. The number of halogens is 1. The summed E-state index contributed by atoms with van der Waals surface area (Å²) in [7, 11) is 0. The van der Waals surface area contributed by atoms with Gasteiger partial charge in [0, 0.05) is 17.4 Å². The third-order valence-electron chi connectivity index (χ3n) is 3.69. The standard InChI is InChI=1S/C15H20BrNO/c1-12(6-9-18)13-4-5-14(15(16)10-13)11-17-7-2-3-8-17/h4-5,9-10,12H,2-3,6-8,11H2,1H3. The minimum atomic E-state index is 0.305. The summed E-state index contributed by atoms with van der Waals surface area (Å²) in [5.41, 5.74) is 2.58. The second kappa shape index (κ2) is 6.48. The van der Waals surface area contributed by atoms with Crippen molar-refractivity contribution < 1.29 is 4.79 Å². The molecule has 98 valence electrons. The zero-order valence-corrected chi connectivity index (χ0v) is 12.4. The average molecular weight is 310 g/mol. The lowest BCUT2D eigenvalue weighted by atomic mass is 9.97. The molecule has 0 saturated carbocycles. The molecule has 0 N–H and O–H groups in total. The molecule has 1 atom stereocenters. The van der Waals surface area contributed by atoms with Crippen molar-refractivity contribution >= 4 is 22.2 Å². The molecule has 2 nitrogen and oxygen atoms in total. The molecule has 1 unspecified atom stereocenters. The Kier molecular flexibility index (Phi) is 4.95. The number of nitrogens with zero attached hydrogens (tertiary/aromatic N) is 1. The number of carbonyl (C=O) groups is 1. The van der Waals surface area contributed by atoms with Crippen molar-refractivity contribution in [3.05, 3.63) is 33.8 Å².